The molecule has 1 amide bonds. The van der Waals surface area contributed by atoms with Gasteiger partial charge in [-0.05, 0) is 99.3 Å². The summed E-state index contributed by atoms with van der Waals surface area (Å²) in [5.74, 6) is 0.245. The number of hydrogen-bond acceptors (Lipinski definition) is 4. The maximum atomic E-state index is 12.5. The standard InChI is InChI=1S/C26H27NO4/c1-16-6-7-19(4)24(15-16)27-25(28)21-8-10-22(11-9-21)31-26(29)20(5)30-23-13-17(2)12-18(3)14-23/h6-15,20H,1-5H3,(H,27,28). The van der Waals surface area contributed by atoms with E-state index < -0.39 is 12.1 Å². The first-order valence-electron chi connectivity index (χ1n) is 10.2. The Labute approximate surface area is 183 Å². The third kappa shape index (κ3) is 5.95. The molecule has 0 saturated heterocycles. The van der Waals surface area contributed by atoms with Crippen LogP contribution in [0.1, 0.15) is 39.5 Å². The van der Waals surface area contributed by atoms with Crippen LogP contribution in [0.5, 0.6) is 11.5 Å². The number of carbonyl (C=O) groups is 2. The molecule has 0 radical (unpaired) electrons. The molecule has 0 fully saturated rings. The highest BCUT2D eigenvalue weighted by Crippen LogP contribution is 2.20. The summed E-state index contributed by atoms with van der Waals surface area (Å²) in [5.41, 5.74) is 5.43. The number of aryl methyl sites for hydroxylation is 4. The van der Waals surface area contributed by atoms with Gasteiger partial charge in [0.05, 0.1) is 0 Å². The van der Waals surface area contributed by atoms with Crippen LogP contribution in [0.3, 0.4) is 0 Å². The molecule has 3 rings (SSSR count). The molecule has 5 heteroatoms. The zero-order valence-electron chi connectivity index (χ0n) is 18.5. The summed E-state index contributed by atoms with van der Waals surface area (Å²) < 4.78 is 11.1. The molecule has 160 valence electrons. The van der Waals surface area contributed by atoms with E-state index >= 15 is 0 Å². The number of rotatable bonds is 6. The maximum absolute atomic E-state index is 12.5. The van der Waals surface area contributed by atoms with Crippen molar-refractivity contribution in [3.05, 3.63) is 88.5 Å². The summed E-state index contributed by atoms with van der Waals surface area (Å²) in [6, 6.07) is 18.1. The van der Waals surface area contributed by atoms with E-state index in [1.165, 1.54) is 0 Å². The van der Waals surface area contributed by atoms with Crippen molar-refractivity contribution < 1.29 is 19.1 Å². The van der Waals surface area contributed by atoms with Crippen LogP contribution in [-0.4, -0.2) is 18.0 Å². The van der Waals surface area contributed by atoms with Crippen molar-refractivity contribution in [1.82, 2.24) is 0 Å². The van der Waals surface area contributed by atoms with Gasteiger partial charge in [-0.1, -0.05) is 18.2 Å². The smallest absolute Gasteiger partial charge is 0.352 e. The van der Waals surface area contributed by atoms with Gasteiger partial charge in [-0.2, -0.15) is 0 Å². The third-order valence-corrected chi connectivity index (χ3v) is 4.82. The Morgan fingerprint density at radius 2 is 1.42 bits per heavy atom. The lowest BCUT2D eigenvalue weighted by atomic mass is 10.1. The minimum atomic E-state index is -0.770. The second kappa shape index (κ2) is 9.47. The predicted octanol–water partition coefficient (Wildman–Crippen LogP) is 5.55. The van der Waals surface area contributed by atoms with Crippen molar-refractivity contribution >= 4 is 17.6 Å². The number of benzene rings is 3. The average Bonchev–Trinajstić information content (AvgIpc) is 2.70. The SMILES string of the molecule is Cc1cc(C)cc(OC(C)C(=O)Oc2ccc(C(=O)Nc3cc(C)ccc3C)cc2)c1. The van der Waals surface area contributed by atoms with Gasteiger partial charge in [-0.15, -0.1) is 0 Å². The van der Waals surface area contributed by atoms with E-state index in [9.17, 15) is 9.59 Å². The Hall–Kier alpha value is -3.60. The average molecular weight is 418 g/mol. The largest absolute Gasteiger partial charge is 0.479 e. The van der Waals surface area contributed by atoms with E-state index in [2.05, 4.69) is 5.32 Å². The first-order chi connectivity index (χ1) is 14.7. The van der Waals surface area contributed by atoms with Gasteiger partial charge >= 0.3 is 5.97 Å². The Balaban J connectivity index is 1.61. The molecule has 5 nitrogen and oxygen atoms in total. The summed E-state index contributed by atoms with van der Waals surface area (Å²) in [7, 11) is 0. The highest BCUT2D eigenvalue weighted by Gasteiger charge is 2.18. The number of hydrogen-bond donors (Lipinski definition) is 1. The van der Waals surface area contributed by atoms with Crippen LogP contribution in [0, 0.1) is 27.7 Å². The highest BCUT2D eigenvalue weighted by molar-refractivity contribution is 6.04. The van der Waals surface area contributed by atoms with Gasteiger partial charge in [-0.25, -0.2) is 4.79 Å². The van der Waals surface area contributed by atoms with E-state index in [0.29, 0.717) is 17.1 Å². The summed E-state index contributed by atoms with van der Waals surface area (Å²) >= 11 is 0. The lowest BCUT2D eigenvalue weighted by Crippen LogP contribution is -2.28. The van der Waals surface area contributed by atoms with Gasteiger partial charge in [0, 0.05) is 11.3 Å². The van der Waals surface area contributed by atoms with Crippen molar-refractivity contribution in [2.75, 3.05) is 5.32 Å². The van der Waals surface area contributed by atoms with Crippen LogP contribution in [0.2, 0.25) is 0 Å². The van der Waals surface area contributed by atoms with Gasteiger partial charge in [0.1, 0.15) is 11.5 Å². The zero-order valence-corrected chi connectivity index (χ0v) is 18.5. The van der Waals surface area contributed by atoms with Crippen molar-refractivity contribution in [3.8, 4) is 11.5 Å². The molecule has 0 spiro atoms. The van der Waals surface area contributed by atoms with Gasteiger partial charge in [-0.3, -0.25) is 4.79 Å². The Bertz CT molecular complexity index is 1080. The van der Waals surface area contributed by atoms with Crippen LogP contribution < -0.4 is 14.8 Å². The summed E-state index contributed by atoms with van der Waals surface area (Å²) in [5, 5.41) is 2.92. The normalized spacial score (nSPS) is 11.5. The molecular weight excluding hydrogens is 390 g/mol. The lowest BCUT2D eigenvalue weighted by molar-refractivity contribution is -0.141. The van der Waals surface area contributed by atoms with Crippen molar-refractivity contribution in [2.45, 2.75) is 40.7 Å². The quantitative estimate of drug-likeness (QED) is 0.422. The minimum Gasteiger partial charge on any atom is -0.479 e. The Morgan fingerprint density at radius 1 is 0.774 bits per heavy atom. The van der Waals surface area contributed by atoms with Crippen LogP contribution >= 0.6 is 0 Å². The molecule has 1 atom stereocenters. The number of anilines is 1. The molecule has 3 aromatic carbocycles. The molecule has 0 bridgehead atoms. The number of amides is 1. The van der Waals surface area contributed by atoms with Crippen LogP contribution in [0.15, 0.2) is 60.7 Å². The first kappa shape index (κ1) is 22.1. The predicted molar refractivity (Wildman–Crippen MR) is 122 cm³/mol. The molecule has 1 N–H and O–H groups in total. The number of nitrogens with one attached hydrogen (secondary N) is 1. The summed E-state index contributed by atoms with van der Waals surface area (Å²) in [4.78, 5) is 24.9. The van der Waals surface area contributed by atoms with Crippen LogP contribution in [-0.2, 0) is 4.79 Å². The molecule has 0 heterocycles. The topological polar surface area (TPSA) is 64.6 Å². The number of ether oxygens (including phenoxy) is 2. The number of esters is 1. The molecule has 0 aliphatic rings. The fraction of sp³-hybridized carbons (Fsp3) is 0.231. The van der Waals surface area contributed by atoms with E-state index in [4.69, 9.17) is 9.47 Å². The summed E-state index contributed by atoms with van der Waals surface area (Å²) in [6.45, 7) is 9.51. The van der Waals surface area contributed by atoms with Gasteiger partial charge in [0.15, 0.2) is 6.10 Å². The van der Waals surface area contributed by atoms with Gasteiger partial charge in [0.25, 0.3) is 5.91 Å². The maximum Gasteiger partial charge on any atom is 0.352 e. The number of carbonyl (C=O) groups excluding carboxylic acids is 2. The fourth-order valence-corrected chi connectivity index (χ4v) is 3.19. The molecule has 1 unspecified atom stereocenters. The van der Waals surface area contributed by atoms with Gasteiger partial charge < -0.3 is 14.8 Å². The Morgan fingerprint density at radius 3 is 2.06 bits per heavy atom. The van der Waals surface area contributed by atoms with Crippen molar-refractivity contribution in [2.24, 2.45) is 0 Å². The van der Waals surface area contributed by atoms with Crippen LogP contribution in [0.4, 0.5) is 5.69 Å². The van der Waals surface area contributed by atoms with E-state index in [-0.39, 0.29) is 5.91 Å². The monoisotopic (exact) mass is 417 g/mol. The Kier molecular flexibility index (Phi) is 6.75. The molecule has 0 saturated carbocycles. The molecule has 31 heavy (non-hydrogen) atoms. The summed E-state index contributed by atoms with van der Waals surface area (Å²) in [6.07, 6.45) is -0.770. The second-order valence-corrected chi connectivity index (χ2v) is 7.80. The lowest BCUT2D eigenvalue weighted by Gasteiger charge is -2.15. The van der Waals surface area contributed by atoms with E-state index in [0.717, 1.165) is 27.9 Å². The van der Waals surface area contributed by atoms with Crippen molar-refractivity contribution in [1.29, 1.82) is 0 Å². The molecule has 0 aliphatic heterocycles. The van der Waals surface area contributed by atoms with E-state index in [1.54, 1.807) is 31.2 Å². The molecule has 3 aromatic rings. The van der Waals surface area contributed by atoms with Gasteiger partial charge in [0.2, 0.25) is 0 Å². The first-order valence-corrected chi connectivity index (χ1v) is 10.2. The highest BCUT2D eigenvalue weighted by atomic mass is 16.6. The minimum absolute atomic E-state index is 0.224. The molecule has 0 aromatic heterocycles. The third-order valence-electron chi connectivity index (χ3n) is 4.82. The van der Waals surface area contributed by atoms with Crippen LogP contribution in [0.25, 0.3) is 0 Å². The fourth-order valence-electron chi connectivity index (χ4n) is 3.19. The zero-order chi connectivity index (χ0) is 22.5. The van der Waals surface area contributed by atoms with Crippen molar-refractivity contribution in [3.63, 3.8) is 0 Å². The second-order valence-electron chi connectivity index (χ2n) is 7.80. The molecular formula is C26H27NO4. The molecule has 0 aliphatic carbocycles. The van der Waals surface area contributed by atoms with E-state index in [1.807, 2.05) is 64.1 Å².